The molecule has 0 unspecified atom stereocenters. The molecule has 0 heterocycles. The first-order chi connectivity index (χ1) is 12.8. The molecule has 0 aliphatic rings. The third kappa shape index (κ3) is 3.92. The molecule has 0 aliphatic heterocycles. The second-order valence-corrected chi connectivity index (χ2v) is 6.09. The van der Waals surface area contributed by atoms with E-state index in [4.69, 9.17) is 0 Å². The lowest BCUT2D eigenvalue weighted by molar-refractivity contribution is 1.49. The lowest BCUT2D eigenvalue weighted by atomic mass is 9.85. The predicted molar refractivity (Wildman–Crippen MR) is 114 cm³/mol. The summed E-state index contributed by atoms with van der Waals surface area (Å²) in [7, 11) is 0. The highest BCUT2D eigenvalue weighted by molar-refractivity contribution is 6.05. The van der Waals surface area contributed by atoms with E-state index in [-0.39, 0.29) is 0 Å². The van der Waals surface area contributed by atoms with Crippen molar-refractivity contribution in [3.8, 4) is 0 Å². The van der Waals surface area contributed by atoms with Gasteiger partial charge in [0.25, 0.3) is 0 Å². The molecule has 0 saturated heterocycles. The summed E-state index contributed by atoms with van der Waals surface area (Å²) < 4.78 is 0. The number of allylic oxidation sites excluding steroid dienone is 5. The normalized spacial score (nSPS) is 11.5. The van der Waals surface area contributed by atoms with Crippen LogP contribution in [0.4, 0.5) is 0 Å². The fourth-order valence-corrected chi connectivity index (χ4v) is 3.23. The minimum atomic E-state index is 1.22. The van der Waals surface area contributed by atoms with Crippen molar-refractivity contribution in [1.29, 1.82) is 0 Å². The maximum Gasteiger partial charge on any atom is -0.00269 e. The van der Waals surface area contributed by atoms with Crippen molar-refractivity contribution < 1.29 is 0 Å². The Kier molecular flexibility index (Phi) is 6.01. The van der Waals surface area contributed by atoms with Crippen LogP contribution in [0.2, 0.25) is 0 Å². The average Bonchev–Trinajstić information content (AvgIpc) is 2.72. The molecule has 0 amide bonds. The van der Waals surface area contributed by atoms with Crippen molar-refractivity contribution in [1.82, 2.24) is 0 Å². The van der Waals surface area contributed by atoms with E-state index >= 15 is 0 Å². The van der Waals surface area contributed by atoms with Gasteiger partial charge < -0.3 is 0 Å². The van der Waals surface area contributed by atoms with Crippen LogP contribution in [-0.2, 0) is 0 Å². The summed E-state index contributed by atoms with van der Waals surface area (Å²) >= 11 is 0. The second-order valence-electron chi connectivity index (χ2n) is 6.09. The van der Waals surface area contributed by atoms with E-state index in [1.165, 1.54) is 33.4 Å². The van der Waals surface area contributed by atoms with Crippen molar-refractivity contribution >= 4 is 11.1 Å². The Balaban J connectivity index is 2.41. The maximum absolute atomic E-state index is 2.19. The molecule has 0 aromatic heterocycles. The van der Waals surface area contributed by atoms with Crippen LogP contribution in [-0.4, -0.2) is 0 Å². The molecular formula is C26H24. The van der Waals surface area contributed by atoms with Crippen LogP contribution in [0.15, 0.2) is 115 Å². The fourth-order valence-electron chi connectivity index (χ4n) is 3.23. The monoisotopic (exact) mass is 336 g/mol. The Morgan fingerprint density at radius 1 is 0.577 bits per heavy atom. The first-order valence-electron chi connectivity index (χ1n) is 9.05. The highest BCUT2D eigenvalue weighted by atomic mass is 14.2. The molecule has 0 bridgehead atoms. The van der Waals surface area contributed by atoms with Crippen LogP contribution in [0, 0.1) is 0 Å². The molecule has 0 radical (unpaired) electrons. The molecule has 0 spiro atoms. The molecule has 0 heteroatoms. The predicted octanol–water partition coefficient (Wildman–Crippen LogP) is 7.17. The first-order valence-corrected chi connectivity index (χ1v) is 9.05. The highest BCUT2D eigenvalue weighted by Gasteiger charge is 2.15. The molecule has 0 atom stereocenters. The van der Waals surface area contributed by atoms with Crippen LogP contribution in [0.3, 0.4) is 0 Å². The van der Waals surface area contributed by atoms with E-state index in [1.54, 1.807) is 0 Å². The SMILES string of the molecule is C/C=C\C(=C/C)C(=C(c1ccccc1)c1ccccc1)c1ccccc1. The van der Waals surface area contributed by atoms with Crippen LogP contribution in [0.1, 0.15) is 30.5 Å². The molecule has 3 aromatic rings. The van der Waals surface area contributed by atoms with Crippen molar-refractivity contribution in [3.63, 3.8) is 0 Å². The first kappa shape index (κ1) is 17.7. The maximum atomic E-state index is 2.19. The number of rotatable bonds is 5. The standard InChI is InChI=1S/C26H24/c1-3-14-21(4-2)25(22-15-8-5-9-16-22)26(23-17-10-6-11-18-23)24-19-12-7-13-20-24/h3-20H,1-2H3/b14-3-,21-4+. The van der Waals surface area contributed by atoms with Gasteiger partial charge in [-0.25, -0.2) is 0 Å². The summed E-state index contributed by atoms with van der Waals surface area (Å²) in [5, 5.41) is 0. The lowest BCUT2D eigenvalue weighted by Gasteiger charge is -2.18. The third-order valence-electron chi connectivity index (χ3n) is 4.38. The zero-order valence-electron chi connectivity index (χ0n) is 15.4. The molecular weight excluding hydrogens is 312 g/mol. The van der Waals surface area contributed by atoms with Gasteiger partial charge in [0, 0.05) is 0 Å². The van der Waals surface area contributed by atoms with Crippen LogP contribution in [0.5, 0.6) is 0 Å². The minimum Gasteiger partial charge on any atom is -0.0871 e. The quantitative estimate of drug-likeness (QED) is 0.342. The molecule has 128 valence electrons. The molecule has 3 aromatic carbocycles. The summed E-state index contributed by atoms with van der Waals surface area (Å²) in [5.41, 5.74) is 7.40. The molecule has 0 fully saturated rings. The fraction of sp³-hybridized carbons (Fsp3) is 0.0769. The molecule has 26 heavy (non-hydrogen) atoms. The summed E-state index contributed by atoms with van der Waals surface area (Å²) in [6, 6.07) is 31.9. The van der Waals surface area contributed by atoms with E-state index in [2.05, 4.69) is 123 Å². The summed E-state index contributed by atoms with van der Waals surface area (Å²) in [6.45, 7) is 4.17. The lowest BCUT2D eigenvalue weighted by Crippen LogP contribution is -1.97. The van der Waals surface area contributed by atoms with E-state index in [9.17, 15) is 0 Å². The Bertz CT molecular complexity index is 870. The van der Waals surface area contributed by atoms with E-state index in [0.717, 1.165) is 0 Å². The van der Waals surface area contributed by atoms with Crippen LogP contribution < -0.4 is 0 Å². The Morgan fingerprint density at radius 3 is 1.38 bits per heavy atom. The van der Waals surface area contributed by atoms with Crippen molar-refractivity contribution in [2.24, 2.45) is 0 Å². The van der Waals surface area contributed by atoms with Gasteiger partial charge in [-0.1, -0.05) is 109 Å². The van der Waals surface area contributed by atoms with Gasteiger partial charge >= 0.3 is 0 Å². The molecule has 0 saturated carbocycles. The molecule has 0 aliphatic carbocycles. The minimum absolute atomic E-state index is 1.22. The zero-order chi connectivity index (χ0) is 18.2. The Hall–Kier alpha value is -3.12. The van der Waals surface area contributed by atoms with Gasteiger partial charge in [0.1, 0.15) is 0 Å². The topological polar surface area (TPSA) is 0 Å². The molecule has 0 nitrogen and oxygen atoms in total. The smallest absolute Gasteiger partial charge is 0.00269 e. The van der Waals surface area contributed by atoms with Gasteiger partial charge in [0.05, 0.1) is 0 Å². The molecule has 0 N–H and O–H groups in total. The summed E-state index contributed by atoms with van der Waals surface area (Å²) in [5.74, 6) is 0. The third-order valence-corrected chi connectivity index (χ3v) is 4.38. The van der Waals surface area contributed by atoms with Crippen LogP contribution >= 0.6 is 0 Å². The van der Waals surface area contributed by atoms with Gasteiger partial charge in [0.2, 0.25) is 0 Å². The van der Waals surface area contributed by atoms with Crippen molar-refractivity contribution in [2.75, 3.05) is 0 Å². The number of hydrogen-bond donors (Lipinski definition) is 0. The van der Waals surface area contributed by atoms with Gasteiger partial charge in [-0.2, -0.15) is 0 Å². The number of hydrogen-bond acceptors (Lipinski definition) is 0. The number of benzene rings is 3. The Morgan fingerprint density at radius 2 is 1.00 bits per heavy atom. The summed E-state index contributed by atoms with van der Waals surface area (Å²) in [6.07, 6.45) is 6.48. The van der Waals surface area contributed by atoms with Crippen LogP contribution in [0.25, 0.3) is 11.1 Å². The van der Waals surface area contributed by atoms with E-state index in [1.807, 2.05) is 0 Å². The van der Waals surface area contributed by atoms with Crippen molar-refractivity contribution in [2.45, 2.75) is 13.8 Å². The van der Waals surface area contributed by atoms with Gasteiger partial charge in [0.15, 0.2) is 0 Å². The van der Waals surface area contributed by atoms with Gasteiger partial charge in [-0.15, -0.1) is 0 Å². The highest BCUT2D eigenvalue weighted by Crippen LogP contribution is 2.37. The Labute approximate surface area is 156 Å². The average molecular weight is 336 g/mol. The summed E-state index contributed by atoms with van der Waals surface area (Å²) in [4.78, 5) is 0. The van der Waals surface area contributed by atoms with Gasteiger partial charge in [-0.3, -0.25) is 0 Å². The van der Waals surface area contributed by atoms with Gasteiger partial charge in [-0.05, 0) is 47.3 Å². The van der Waals surface area contributed by atoms with E-state index < -0.39 is 0 Å². The largest absolute Gasteiger partial charge is 0.0871 e. The second kappa shape index (κ2) is 8.82. The van der Waals surface area contributed by atoms with E-state index in [0.29, 0.717) is 0 Å². The van der Waals surface area contributed by atoms with Crippen molar-refractivity contribution in [3.05, 3.63) is 131 Å². The zero-order valence-corrected chi connectivity index (χ0v) is 15.4. The molecule has 3 rings (SSSR count).